The molecule has 0 aromatic carbocycles. The van der Waals surface area contributed by atoms with Crippen molar-refractivity contribution in [3.8, 4) is 0 Å². The van der Waals surface area contributed by atoms with Gasteiger partial charge in [0.25, 0.3) is 0 Å². The summed E-state index contributed by atoms with van der Waals surface area (Å²) in [7, 11) is 0. The monoisotopic (exact) mass is 242 g/mol. The molecular weight excluding hydrogens is 224 g/mol. The highest BCUT2D eigenvalue weighted by atomic mass is 35.5. The van der Waals surface area contributed by atoms with Crippen LogP contribution >= 0.6 is 11.6 Å². The summed E-state index contributed by atoms with van der Waals surface area (Å²) in [5.74, 6) is 0.908. The SMILES string of the molecule is CCn1ncc(Cl)c1C(O)C1CCCC1C. The first-order valence-electron chi connectivity index (χ1n) is 6.04. The Balaban J connectivity index is 2.25. The third-order valence-electron chi connectivity index (χ3n) is 3.75. The highest BCUT2D eigenvalue weighted by Crippen LogP contribution is 2.41. The van der Waals surface area contributed by atoms with E-state index in [2.05, 4.69) is 12.0 Å². The molecule has 0 radical (unpaired) electrons. The summed E-state index contributed by atoms with van der Waals surface area (Å²) in [6.45, 7) is 4.97. The minimum atomic E-state index is -0.465. The molecule has 16 heavy (non-hydrogen) atoms. The van der Waals surface area contributed by atoms with Gasteiger partial charge in [-0.05, 0) is 25.2 Å². The van der Waals surface area contributed by atoms with E-state index in [9.17, 15) is 5.11 Å². The van der Waals surface area contributed by atoms with E-state index in [1.54, 1.807) is 10.9 Å². The van der Waals surface area contributed by atoms with Gasteiger partial charge in [-0.25, -0.2) is 0 Å². The molecule has 90 valence electrons. The molecule has 4 heteroatoms. The predicted molar refractivity (Wildman–Crippen MR) is 64.4 cm³/mol. The van der Waals surface area contributed by atoms with Gasteiger partial charge in [0.15, 0.2) is 0 Å². The van der Waals surface area contributed by atoms with E-state index in [1.807, 2.05) is 6.92 Å². The van der Waals surface area contributed by atoms with Gasteiger partial charge in [-0.15, -0.1) is 0 Å². The topological polar surface area (TPSA) is 38.0 Å². The van der Waals surface area contributed by atoms with Crippen LogP contribution in [0.2, 0.25) is 5.02 Å². The van der Waals surface area contributed by atoms with Crippen LogP contribution in [0.5, 0.6) is 0 Å². The lowest BCUT2D eigenvalue weighted by atomic mass is 9.90. The molecule has 3 nitrogen and oxygen atoms in total. The molecule has 1 aliphatic rings. The van der Waals surface area contributed by atoms with Crippen molar-refractivity contribution in [3.63, 3.8) is 0 Å². The molecule has 3 unspecified atom stereocenters. The van der Waals surface area contributed by atoms with Crippen LogP contribution in [0.4, 0.5) is 0 Å². The maximum Gasteiger partial charge on any atom is 0.100 e. The third kappa shape index (κ3) is 1.98. The Hall–Kier alpha value is -0.540. The molecule has 0 spiro atoms. The second-order valence-electron chi connectivity index (χ2n) is 4.71. The van der Waals surface area contributed by atoms with Crippen molar-refractivity contribution in [2.24, 2.45) is 11.8 Å². The van der Waals surface area contributed by atoms with E-state index in [4.69, 9.17) is 11.6 Å². The quantitative estimate of drug-likeness (QED) is 0.885. The van der Waals surface area contributed by atoms with Crippen molar-refractivity contribution in [2.45, 2.75) is 45.8 Å². The van der Waals surface area contributed by atoms with Crippen molar-refractivity contribution >= 4 is 11.6 Å². The molecule has 1 heterocycles. The number of hydrogen-bond donors (Lipinski definition) is 1. The van der Waals surface area contributed by atoms with Crippen LogP contribution in [0.1, 0.15) is 44.9 Å². The molecule has 0 saturated heterocycles. The van der Waals surface area contributed by atoms with E-state index < -0.39 is 6.10 Å². The summed E-state index contributed by atoms with van der Waals surface area (Å²) in [6.07, 6.45) is 4.67. The highest BCUT2D eigenvalue weighted by molar-refractivity contribution is 6.31. The fourth-order valence-corrected chi connectivity index (χ4v) is 3.02. The molecule has 1 aromatic heterocycles. The van der Waals surface area contributed by atoms with Crippen molar-refractivity contribution in [1.82, 2.24) is 9.78 Å². The molecule has 0 bridgehead atoms. The van der Waals surface area contributed by atoms with Gasteiger partial charge in [0.05, 0.1) is 16.9 Å². The van der Waals surface area contributed by atoms with Gasteiger partial charge in [-0.2, -0.15) is 5.10 Å². The average Bonchev–Trinajstić information content (AvgIpc) is 2.83. The Kier molecular flexibility index (Phi) is 3.55. The van der Waals surface area contributed by atoms with E-state index in [0.717, 1.165) is 18.7 Å². The number of aliphatic hydroxyl groups excluding tert-OH is 1. The van der Waals surface area contributed by atoms with E-state index in [-0.39, 0.29) is 0 Å². The van der Waals surface area contributed by atoms with Crippen LogP contribution in [0, 0.1) is 11.8 Å². The first kappa shape index (κ1) is 11.9. The van der Waals surface area contributed by atoms with Crippen LogP contribution in [0.3, 0.4) is 0 Å². The number of halogens is 1. The maximum atomic E-state index is 10.4. The van der Waals surface area contributed by atoms with Gasteiger partial charge in [0.2, 0.25) is 0 Å². The van der Waals surface area contributed by atoms with E-state index >= 15 is 0 Å². The van der Waals surface area contributed by atoms with Crippen molar-refractivity contribution in [3.05, 3.63) is 16.9 Å². The number of aliphatic hydroxyl groups is 1. The summed E-state index contributed by atoms with van der Waals surface area (Å²) in [5, 5.41) is 15.2. The Bertz CT molecular complexity index is 364. The zero-order chi connectivity index (χ0) is 11.7. The van der Waals surface area contributed by atoms with Crippen LogP contribution in [0.25, 0.3) is 0 Å². The molecule has 1 aliphatic carbocycles. The van der Waals surface area contributed by atoms with Gasteiger partial charge in [0, 0.05) is 6.54 Å². The third-order valence-corrected chi connectivity index (χ3v) is 4.04. The fraction of sp³-hybridized carbons (Fsp3) is 0.750. The minimum Gasteiger partial charge on any atom is -0.386 e. The molecule has 1 N–H and O–H groups in total. The van der Waals surface area contributed by atoms with E-state index in [0.29, 0.717) is 16.9 Å². The summed E-state index contributed by atoms with van der Waals surface area (Å²) in [5.41, 5.74) is 0.794. The molecule has 3 atom stereocenters. The van der Waals surface area contributed by atoms with E-state index in [1.165, 1.54) is 12.8 Å². The first-order valence-corrected chi connectivity index (χ1v) is 6.42. The van der Waals surface area contributed by atoms with Gasteiger partial charge in [-0.3, -0.25) is 4.68 Å². The summed E-state index contributed by atoms with van der Waals surface area (Å²) >= 11 is 6.10. The smallest absolute Gasteiger partial charge is 0.100 e. The van der Waals surface area contributed by atoms with Crippen LogP contribution < -0.4 is 0 Å². The molecule has 1 fully saturated rings. The highest BCUT2D eigenvalue weighted by Gasteiger charge is 2.33. The molecule has 2 rings (SSSR count). The lowest BCUT2D eigenvalue weighted by molar-refractivity contribution is 0.0818. The molecule has 0 amide bonds. The summed E-state index contributed by atoms with van der Waals surface area (Å²) in [4.78, 5) is 0. The first-order chi connectivity index (χ1) is 7.65. The normalized spacial score (nSPS) is 27.2. The molecular formula is C12H19ClN2O. The lowest BCUT2D eigenvalue weighted by Gasteiger charge is -2.23. The number of rotatable bonds is 3. The lowest BCUT2D eigenvalue weighted by Crippen LogP contribution is -2.19. The molecule has 1 aromatic rings. The summed E-state index contributed by atoms with van der Waals surface area (Å²) < 4.78 is 1.80. The fourth-order valence-electron chi connectivity index (χ4n) is 2.76. The number of hydrogen-bond acceptors (Lipinski definition) is 2. The van der Waals surface area contributed by atoms with Gasteiger partial charge in [0.1, 0.15) is 6.10 Å². The standard InChI is InChI=1S/C12H19ClN2O/c1-3-15-11(10(13)7-14-15)12(16)9-6-4-5-8(9)2/h7-9,12,16H,3-6H2,1-2H3. The van der Waals surface area contributed by atoms with Crippen molar-refractivity contribution < 1.29 is 5.11 Å². The number of nitrogens with zero attached hydrogens (tertiary/aromatic N) is 2. The Morgan fingerprint density at radius 2 is 2.38 bits per heavy atom. The Morgan fingerprint density at radius 1 is 1.62 bits per heavy atom. The largest absolute Gasteiger partial charge is 0.386 e. The minimum absolute atomic E-state index is 0.333. The predicted octanol–water partition coefficient (Wildman–Crippen LogP) is 3.03. The van der Waals surface area contributed by atoms with Crippen molar-refractivity contribution in [2.75, 3.05) is 0 Å². The van der Waals surface area contributed by atoms with Gasteiger partial charge in [-0.1, -0.05) is 31.4 Å². The Morgan fingerprint density at radius 3 is 2.94 bits per heavy atom. The maximum absolute atomic E-state index is 10.4. The summed E-state index contributed by atoms with van der Waals surface area (Å²) in [6, 6.07) is 0. The zero-order valence-corrected chi connectivity index (χ0v) is 10.6. The second kappa shape index (κ2) is 4.76. The number of aryl methyl sites for hydroxylation is 1. The van der Waals surface area contributed by atoms with Gasteiger partial charge >= 0.3 is 0 Å². The Labute approximate surface area is 101 Å². The zero-order valence-electron chi connectivity index (χ0n) is 9.86. The van der Waals surface area contributed by atoms with Crippen LogP contribution in [0.15, 0.2) is 6.20 Å². The number of aromatic nitrogens is 2. The molecule has 0 aliphatic heterocycles. The van der Waals surface area contributed by atoms with Crippen molar-refractivity contribution in [1.29, 1.82) is 0 Å². The van der Waals surface area contributed by atoms with Crippen LogP contribution in [-0.2, 0) is 6.54 Å². The van der Waals surface area contributed by atoms with Gasteiger partial charge < -0.3 is 5.11 Å². The average molecular weight is 243 g/mol. The second-order valence-corrected chi connectivity index (χ2v) is 5.12. The van der Waals surface area contributed by atoms with Crippen LogP contribution in [-0.4, -0.2) is 14.9 Å². The molecule has 1 saturated carbocycles.